The normalized spacial score (nSPS) is 17.4. The van der Waals surface area contributed by atoms with E-state index in [0.717, 1.165) is 30.2 Å². The third-order valence-corrected chi connectivity index (χ3v) is 4.51. The first-order valence-electron chi connectivity index (χ1n) is 8.99. The molecule has 1 amide bonds. The molecule has 26 heavy (non-hydrogen) atoms. The molecule has 140 valence electrons. The minimum atomic E-state index is -0.0847. The Labute approximate surface area is 154 Å². The number of aromatic nitrogens is 2. The van der Waals surface area contributed by atoms with Crippen LogP contribution in [-0.2, 0) is 0 Å². The lowest BCUT2D eigenvalue weighted by Crippen LogP contribution is -2.28. The van der Waals surface area contributed by atoms with E-state index in [1.54, 1.807) is 6.07 Å². The molecule has 7 heteroatoms. The van der Waals surface area contributed by atoms with E-state index in [-0.39, 0.29) is 17.2 Å². The van der Waals surface area contributed by atoms with Gasteiger partial charge in [0.25, 0.3) is 5.91 Å². The minimum Gasteiger partial charge on any atom is -0.382 e. The Bertz CT molecular complexity index is 752. The predicted molar refractivity (Wildman–Crippen MR) is 101 cm³/mol. The molecule has 1 aliphatic heterocycles. The molecule has 0 saturated carbocycles. The van der Waals surface area contributed by atoms with Crippen LogP contribution in [0.3, 0.4) is 0 Å². The third-order valence-electron chi connectivity index (χ3n) is 4.51. The van der Waals surface area contributed by atoms with E-state index in [1.165, 1.54) is 6.26 Å². The Morgan fingerprint density at radius 3 is 2.81 bits per heavy atom. The smallest absolute Gasteiger partial charge is 0.276 e. The Kier molecular flexibility index (Phi) is 5.15. The van der Waals surface area contributed by atoms with Crippen LogP contribution in [0.1, 0.15) is 49.3 Å². The van der Waals surface area contributed by atoms with Crippen LogP contribution in [0.15, 0.2) is 29.0 Å². The van der Waals surface area contributed by atoms with Crippen molar-refractivity contribution in [3.05, 3.63) is 35.9 Å². The fraction of sp³-hybridized carbons (Fsp3) is 0.526. The van der Waals surface area contributed by atoms with Crippen LogP contribution in [-0.4, -0.2) is 47.6 Å². The maximum Gasteiger partial charge on any atom is 0.276 e. The lowest BCUT2D eigenvalue weighted by Gasteiger charge is -2.21. The van der Waals surface area contributed by atoms with Gasteiger partial charge in [-0.2, -0.15) is 0 Å². The molecule has 3 rings (SSSR count). The molecule has 7 nitrogen and oxygen atoms in total. The SMILES string of the molecule is CNc1nc(C2CCN(C(=O)c3ccon3)C2)ccc1NCC(C)(C)C. The van der Waals surface area contributed by atoms with Crippen LogP contribution < -0.4 is 10.6 Å². The summed E-state index contributed by atoms with van der Waals surface area (Å²) in [6.07, 6.45) is 2.32. The summed E-state index contributed by atoms with van der Waals surface area (Å²) in [5.74, 6) is 0.987. The topological polar surface area (TPSA) is 83.3 Å². The first-order chi connectivity index (χ1) is 12.4. The van der Waals surface area contributed by atoms with Crippen LogP contribution in [0.2, 0.25) is 0 Å². The average Bonchev–Trinajstić information content (AvgIpc) is 3.30. The van der Waals surface area contributed by atoms with Gasteiger partial charge in [-0.15, -0.1) is 0 Å². The van der Waals surface area contributed by atoms with Crippen molar-refractivity contribution in [1.29, 1.82) is 0 Å². The summed E-state index contributed by atoms with van der Waals surface area (Å²) in [5.41, 5.74) is 2.55. The Morgan fingerprint density at radius 2 is 2.15 bits per heavy atom. The van der Waals surface area contributed by atoms with E-state index in [1.807, 2.05) is 11.9 Å². The van der Waals surface area contributed by atoms with Crippen molar-refractivity contribution in [2.75, 3.05) is 37.3 Å². The van der Waals surface area contributed by atoms with Gasteiger partial charge in [-0.25, -0.2) is 4.98 Å². The van der Waals surface area contributed by atoms with E-state index < -0.39 is 0 Å². The number of rotatable bonds is 5. The molecule has 2 aromatic heterocycles. The lowest BCUT2D eigenvalue weighted by atomic mass is 9.97. The summed E-state index contributed by atoms with van der Waals surface area (Å²) in [7, 11) is 1.88. The van der Waals surface area contributed by atoms with Gasteiger partial charge in [0.1, 0.15) is 12.1 Å². The van der Waals surface area contributed by atoms with Gasteiger partial charge in [-0.1, -0.05) is 25.9 Å². The molecule has 1 fully saturated rings. The predicted octanol–water partition coefficient (Wildman–Crippen LogP) is 3.20. The van der Waals surface area contributed by atoms with Gasteiger partial charge in [-0.3, -0.25) is 4.79 Å². The second-order valence-electron chi connectivity index (χ2n) is 7.92. The van der Waals surface area contributed by atoms with E-state index >= 15 is 0 Å². The summed E-state index contributed by atoms with van der Waals surface area (Å²) in [6, 6.07) is 5.73. The van der Waals surface area contributed by atoms with Gasteiger partial charge in [-0.05, 0) is 24.0 Å². The van der Waals surface area contributed by atoms with Crippen molar-refractivity contribution in [1.82, 2.24) is 15.0 Å². The molecule has 1 aliphatic rings. The molecule has 2 aromatic rings. The average molecular weight is 357 g/mol. The van der Waals surface area contributed by atoms with Gasteiger partial charge < -0.3 is 20.1 Å². The van der Waals surface area contributed by atoms with Gasteiger partial charge in [0.05, 0.1) is 5.69 Å². The van der Waals surface area contributed by atoms with E-state index in [0.29, 0.717) is 18.8 Å². The zero-order valence-electron chi connectivity index (χ0n) is 15.9. The van der Waals surface area contributed by atoms with Gasteiger partial charge in [0, 0.05) is 44.4 Å². The van der Waals surface area contributed by atoms with Gasteiger partial charge in [0.2, 0.25) is 0 Å². The maximum absolute atomic E-state index is 12.4. The number of pyridine rings is 1. The molecule has 0 aliphatic carbocycles. The monoisotopic (exact) mass is 357 g/mol. The van der Waals surface area contributed by atoms with Crippen molar-refractivity contribution in [3.8, 4) is 0 Å². The Morgan fingerprint density at radius 1 is 1.35 bits per heavy atom. The quantitative estimate of drug-likeness (QED) is 0.855. The van der Waals surface area contributed by atoms with Crippen LogP contribution in [0, 0.1) is 5.41 Å². The molecule has 0 bridgehead atoms. The number of likely N-dealkylation sites (tertiary alicyclic amines) is 1. The van der Waals surface area contributed by atoms with Crippen molar-refractivity contribution in [3.63, 3.8) is 0 Å². The molecular formula is C19H27N5O2. The molecule has 1 atom stereocenters. The number of nitrogens with one attached hydrogen (secondary N) is 2. The standard InChI is InChI=1S/C19H27N5O2/c1-19(2,3)12-21-15-6-5-14(22-17(15)20-4)13-7-9-24(11-13)18(25)16-8-10-26-23-16/h5-6,8,10,13,21H,7,9,11-12H2,1-4H3,(H,20,22). The highest BCUT2D eigenvalue weighted by molar-refractivity contribution is 5.92. The van der Waals surface area contributed by atoms with E-state index in [9.17, 15) is 4.79 Å². The molecule has 0 spiro atoms. The number of hydrogen-bond acceptors (Lipinski definition) is 6. The highest BCUT2D eigenvalue weighted by Crippen LogP contribution is 2.30. The fourth-order valence-corrected chi connectivity index (χ4v) is 3.07. The third kappa shape index (κ3) is 4.15. The van der Waals surface area contributed by atoms with Crippen molar-refractivity contribution < 1.29 is 9.32 Å². The zero-order valence-corrected chi connectivity index (χ0v) is 15.9. The summed E-state index contributed by atoms with van der Waals surface area (Å²) in [6.45, 7) is 8.80. The summed E-state index contributed by atoms with van der Waals surface area (Å²) < 4.78 is 4.77. The highest BCUT2D eigenvalue weighted by Gasteiger charge is 2.30. The van der Waals surface area contributed by atoms with Crippen LogP contribution >= 0.6 is 0 Å². The molecule has 1 unspecified atom stereocenters. The van der Waals surface area contributed by atoms with Crippen LogP contribution in [0.25, 0.3) is 0 Å². The van der Waals surface area contributed by atoms with E-state index in [2.05, 4.69) is 48.7 Å². The highest BCUT2D eigenvalue weighted by atomic mass is 16.5. The molecule has 2 N–H and O–H groups in total. The first kappa shape index (κ1) is 18.2. The van der Waals surface area contributed by atoms with Crippen molar-refractivity contribution in [2.24, 2.45) is 5.41 Å². The molecule has 0 radical (unpaired) electrons. The van der Waals surface area contributed by atoms with Crippen molar-refractivity contribution in [2.45, 2.75) is 33.1 Å². The van der Waals surface area contributed by atoms with Crippen LogP contribution in [0.5, 0.6) is 0 Å². The summed E-state index contributed by atoms with van der Waals surface area (Å²) in [5, 5.41) is 10.4. The number of anilines is 2. The van der Waals surface area contributed by atoms with Gasteiger partial charge in [0.15, 0.2) is 5.69 Å². The number of carbonyl (C=O) groups is 1. The Hall–Kier alpha value is -2.57. The number of amides is 1. The number of nitrogens with zero attached hydrogens (tertiary/aromatic N) is 3. The number of hydrogen-bond donors (Lipinski definition) is 2. The first-order valence-corrected chi connectivity index (χ1v) is 8.99. The van der Waals surface area contributed by atoms with E-state index in [4.69, 9.17) is 9.51 Å². The Balaban J connectivity index is 1.69. The lowest BCUT2D eigenvalue weighted by molar-refractivity contribution is 0.0780. The maximum atomic E-state index is 12.4. The summed E-state index contributed by atoms with van der Waals surface area (Å²) >= 11 is 0. The van der Waals surface area contributed by atoms with Crippen LogP contribution in [0.4, 0.5) is 11.5 Å². The summed E-state index contributed by atoms with van der Waals surface area (Å²) in [4.78, 5) is 19.0. The largest absolute Gasteiger partial charge is 0.382 e. The molecular weight excluding hydrogens is 330 g/mol. The number of carbonyl (C=O) groups excluding carboxylic acids is 1. The second kappa shape index (κ2) is 7.35. The fourth-order valence-electron chi connectivity index (χ4n) is 3.07. The molecule has 3 heterocycles. The second-order valence-corrected chi connectivity index (χ2v) is 7.92. The molecule has 1 saturated heterocycles. The minimum absolute atomic E-state index is 0.0847. The van der Waals surface area contributed by atoms with Gasteiger partial charge >= 0.3 is 0 Å². The van der Waals surface area contributed by atoms with Crippen molar-refractivity contribution >= 4 is 17.4 Å². The molecule has 0 aromatic carbocycles. The zero-order chi connectivity index (χ0) is 18.7.